The van der Waals surface area contributed by atoms with E-state index in [4.69, 9.17) is 34.0 Å². The Balaban J connectivity index is 3.07. The summed E-state index contributed by atoms with van der Waals surface area (Å²) in [5.74, 6) is -2.18. The molecule has 116 valence electrons. The average Bonchev–Trinajstić information content (AvgIpc) is 2.33. The zero-order valence-corrected chi connectivity index (χ0v) is 12.9. The highest BCUT2D eigenvalue weighted by Crippen LogP contribution is 2.29. The van der Waals surface area contributed by atoms with Gasteiger partial charge < -0.3 is 10.8 Å². The Hall–Kier alpha value is -1.35. The van der Waals surface area contributed by atoms with Gasteiger partial charge in [0.05, 0.1) is 10.0 Å². The molecular weight excluding hydrogens is 343 g/mol. The summed E-state index contributed by atoms with van der Waals surface area (Å²) in [4.78, 5) is 21.3. The molecule has 0 spiro atoms. The number of nitrogens with one attached hydrogen (secondary N) is 1. The average molecular weight is 355 g/mol. The van der Waals surface area contributed by atoms with Crippen molar-refractivity contribution in [3.63, 3.8) is 0 Å². The van der Waals surface area contributed by atoms with E-state index in [1.165, 1.54) is 18.2 Å². The minimum absolute atomic E-state index is 0.144. The first-order valence-corrected chi connectivity index (χ1v) is 7.86. The van der Waals surface area contributed by atoms with E-state index in [0.717, 1.165) is 0 Å². The molecule has 0 bridgehead atoms. The van der Waals surface area contributed by atoms with E-state index in [1.807, 2.05) is 4.72 Å². The molecule has 0 aliphatic rings. The van der Waals surface area contributed by atoms with E-state index < -0.39 is 32.8 Å². The molecule has 1 rings (SSSR count). The van der Waals surface area contributed by atoms with Crippen molar-refractivity contribution in [2.24, 2.45) is 5.73 Å². The van der Waals surface area contributed by atoms with E-state index in [9.17, 15) is 18.0 Å². The van der Waals surface area contributed by atoms with Crippen LogP contribution in [0.4, 0.5) is 0 Å². The first-order valence-electron chi connectivity index (χ1n) is 5.62. The molecule has 1 aromatic rings. The van der Waals surface area contributed by atoms with Gasteiger partial charge in [-0.25, -0.2) is 8.42 Å². The summed E-state index contributed by atoms with van der Waals surface area (Å²) in [6.07, 6.45) is -0.568. The molecule has 1 amide bonds. The lowest BCUT2D eigenvalue weighted by atomic mass is 10.2. The van der Waals surface area contributed by atoms with Gasteiger partial charge in [-0.1, -0.05) is 29.3 Å². The minimum Gasteiger partial charge on any atom is -0.480 e. The Labute approximate surface area is 131 Å². The number of carbonyl (C=O) groups is 2. The first kappa shape index (κ1) is 17.7. The van der Waals surface area contributed by atoms with E-state index >= 15 is 0 Å². The third-order valence-corrected chi connectivity index (χ3v) is 4.89. The second-order valence-corrected chi connectivity index (χ2v) is 6.53. The fourth-order valence-corrected chi connectivity index (χ4v) is 3.87. The molecule has 0 saturated heterocycles. The van der Waals surface area contributed by atoms with Gasteiger partial charge in [-0.05, 0) is 18.6 Å². The maximum atomic E-state index is 12.2. The summed E-state index contributed by atoms with van der Waals surface area (Å²) in [5, 5.41) is 8.70. The Kier molecular flexibility index (Phi) is 5.97. The van der Waals surface area contributed by atoms with Crippen molar-refractivity contribution in [1.82, 2.24) is 4.72 Å². The molecule has 1 aromatic carbocycles. The van der Waals surface area contributed by atoms with Gasteiger partial charge in [0.25, 0.3) is 0 Å². The van der Waals surface area contributed by atoms with Gasteiger partial charge in [0, 0.05) is 6.42 Å². The topological polar surface area (TPSA) is 127 Å². The Morgan fingerprint density at radius 3 is 2.24 bits per heavy atom. The van der Waals surface area contributed by atoms with Crippen molar-refractivity contribution >= 4 is 45.1 Å². The monoisotopic (exact) mass is 354 g/mol. The van der Waals surface area contributed by atoms with Crippen molar-refractivity contribution in [2.45, 2.75) is 23.8 Å². The van der Waals surface area contributed by atoms with Crippen molar-refractivity contribution in [1.29, 1.82) is 0 Å². The molecule has 0 unspecified atom stereocenters. The lowest BCUT2D eigenvalue weighted by Gasteiger charge is -2.15. The van der Waals surface area contributed by atoms with Crippen LogP contribution in [-0.2, 0) is 19.6 Å². The highest BCUT2D eigenvalue weighted by molar-refractivity contribution is 7.89. The van der Waals surface area contributed by atoms with Gasteiger partial charge in [-0.15, -0.1) is 0 Å². The molecule has 0 saturated carbocycles. The van der Waals surface area contributed by atoms with Crippen molar-refractivity contribution < 1.29 is 23.1 Å². The van der Waals surface area contributed by atoms with Crippen molar-refractivity contribution in [3.8, 4) is 0 Å². The standard InChI is InChI=1S/C11H12Cl2N2O5S/c12-6-2-1-3-7(13)10(6)21(19,20)15-8(11(17)18)4-5-9(14)16/h1-3,8,15H,4-5H2,(H2,14,16)(H,17,18)/t8-/m1/s1. The second-order valence-electron chi connectivity index (χ2n) is 4.07. The highest BCUT2D eigenvalue weighted by Gasteiger charge is 2.28. The number of sulfonamides is 1. The number of hydrogen-bond acceptors (Lipinski definition) is 4. The molecule has 10 heteroatoms. The van der Waals surface area contributed by atoms with Gasteiger partial charge in [-0.3, -0.25) is 9.59 Å². The maximum Gasteiger partial charge on any atom is 0.321 e. The molecule has 0 aliphatic carbocycles. The Bertz CT molecular complexity index is 642. The van der Waals surface area contributed by atoms with Crippen LogP contribution in [-0.4, -0.2) is 31.4 Å². The summed E-state index contributed by atoms with van der Waals surface area (Å²) in [5.41, 5.74) is 4.91. The largest absolute Gasteiger partial charge is 0.480 e. The number of carboxylic acids is 1. The fourth-order valence-electron chi connectivity index (χ4n) is 1.50. The Morgan fingerprint density at radius 1 is 1.29 bits per heavy atom. The molecule has 0 heterocycles. The van der Waals surface area contributed by atoms with Crippen LogP contribution >= 0.6 is 23.2 Å². The van der Waals surface area contributed by atoms with Crippen LogP contribution in [0.3, 0.4) is 0 Å². The van der Waals surface area contributed by atoms with Crippen LogP contribution in [0.2, 0.25) is 10.0 Å². The minimum atomic E-state index is -4.26. The lowest BCUT2D eigenvalue weighted by molar-refractivity contribution is -0.139. The molecule has 0 fully saturated rings. The number of nitrogens with two attached hydrogens (primary N) is 1. The molecule has 7 nitrogen and oxygen atoms in total. The predicted octanol–water partition coefficient (Wildman–Crippen LogP) is 0.990. The van der Waals surface area contributed by atoms with Crippen LogP contribution in [0.1, 0.15) is 12.8 Å². The van der Waals surface area contributed by atoms with Crippen molar-refractivity contribution in [2.75, 3.05) is 0 Å². The number of primary amides is 1. The number of halogens is 2. The first-order chi connectivity index (χ1) is 9.65. The van der Waals surface area contributed by atoms with Crippen molar-refractivity contribution in [3.05, 3.63) is 28.2 Å². The van der Waals surface area contributed by atoms with Gasteiger partial charge in [-0.2, -0.15) is 4.72 Å². The van der Waals surface area contributed by atoms with E-state index in [-0.39, 0.29) is 22.9 Å². The number of amides is 1. The quantitative estimate of drug-likeness (QED) is 0.672. The number of carboxylic acid groups (broad SMARTS) is 1. The predicted molar refractivity (Wildman–Crippen MR) is 76.6 cm³/mol. The Morgan fingerprint density at radius 2 is 1.81 bits per heavy atom. The van der Waals surface area contributed by atoms with E-state index in [2.05, 4.69) is 0 Å². The van der Waals surface area contributed by atoms with Gasteiger partial charge in [0.1, 0.15) is 10.9 Å². The molecule has 1 atom stereocenters. The zero-order valence-electron chi connectivity index (χ0n) is 10.5. The maximum absolute atomic E-state index is 12.2. The highest BCUT2D eigenvalue weighted by atomic mass is 35.5. The summed E-state index contributed by atoms with van der Waals surface area (Å²) in [6, 6.07) is 2.54. The van der Waals surface area contributed by atoms with Crippen LogP contribution in [0.15, 0.2) is 23.1 Å². The van der Waals surface area contributed by atoms with Crippen LogP contribution in [0, 0.1) is 0 Å². The number of carbonyl (C=O) groups excluding carboxylic acids is 1. The molecule has 0 radical (unpaired) electrons. The number of rotatable bonds is 7. The molecular formula is C11H12Cl2N2O5S. The fraction of sp³-hybridized carbons (Fsp3) is 0.273. The second kappa shape index (κ2) is 7.08. The SMILES string of the molecule is NC(=O)CC[C@@H](NS(=O)(=O)c1c(Cl)cccc1Cl)C(=O)O. The summed E-state index contributed by atoms with van der Waals surface area (Å²) >= 11 is 11.6. The number of aliphatic carboxylic acids is 1. The van der Waals surface area contributed by atoms with E-state index in [1.54, 1.807) is 0 Å². The van der Waals surface area contributed by atoms with Crippen LogP contribution in [0.5, 0.6) is 0 Å². The lowest BCUT2D eigenvalue weighted by Crippen LogP contribution is -2.41. The van der Waals surface area contributed by atoms with Gasteiger partial charge in [0.15, 0.2) is 0 Å². The molecule has 4 N–H and O–H groups in total. The van der Waals surface area contributed by atoms with Crippen LogP contribution < -0.4 is 10.5 Å². The number of benzene rings is 1. The van der Waals surface area contributed by atoms with Crippen LogP contribution in [0.25, 0.3) is 0 Å². The third-order valence-electron chi connectivity index (χ3n) is 2.46. The third kappa shape index (κ3) is 4.85. The van der Waals surface area contributed by atoms with Gasteiger partial charge >= 0.3 is 5.97 Å². The summed E-state index contributed by atoms with van der Waals surface area (Å²) in [6.45, 7) is 0. The molecule has 21 heavy (non-hydrogen) atoms. The summed E-state index contributed by atoms with van der Waals surface area (Å²) < 4.78 is 26.3. The normalized spacial score (nSPS) is 12.9. The molecule has 0 aliphatic heterocycles. The van der Waals surface area contributed by atoms with Gasteiger partial charge in [0.2, 0.25) is 15.9 Å². The molecule has 0 aromatic heterocycles. The van der Waals surface area contributed by atoms with E-state index in [0.29, 0.717) is 0 Å². The number of hydrogen-bond donors (Lipinski definition) is 3. The zero-order chi connectivity index (χ0) is 16.2. The summed E-state index contributed by atoms with van der Waals surface area (Å²) in [7, 11) is -4.26. The smallest absolute Gasteiger partial charge is 0.321 e.